The molecule has 0 saturated carbocycles. The first-order valence-electron chi connectivity index (χ1n) is 8.77. The highest BCUT2D eigenvalue weighted by Gasteiger charge is 2.25. The number of ether oxygens (including phenoxy) is 2. The lowest BCUT2D eigenvalue weighted by molar-refractivity contribution is 0.0256. The molecular formula is C17H32N2O3. The fraction of sp³-hybridized carbons (Fsp3) is 0.941. The molecule has 2 unspecified atom stereocenters. The molecule has 2 saturated heterocycles. The van der Waals surface area contributed by atoms with E-state index in [1.54, 1.807) is 0 Å². The molecule has 0 aromatic heterocycles. The summed E-state index contributed by atoms with van der Waals surface area (Å²) in [5.41, 5.74) is -0.414. The van der Waals surface area contributed by atoms with Crippen LogP contribution in [0, 0.1) is 0 Å². The number of rotatable bonds is 4. The largest absolute Gasteiger partial charge is 0.444 e. The highest BCUT2D eigenvalue weighted by Crippen LogP contribution is 2.17. The molecule has 128 valence electrons. The topological polar surface area (TPSA) is 50.8 Å². The Balaban J connectivity index is 1.66. The molecule has 2 rings (SSSR count). The average Bonchev–Trinajstić information content (AvgIpc) is 2.81. The van der Waals surface area contributed by atoms with Crippen LogP contribution >= 0.6 is 0 Å². The summed E-state index contributed by atoms with van der Waals surface area (Å²) in [4.78, 5) is 14.0. The predicted octanol–water partition coefficient (Wildman–Crippen LogP) is 2.93. The van der Waals surface area contributed by atoms with Gasteiger partial charge in [0.1, 0.15) is 5.60 Å². The Morgan fingerprint density at radius 1 is 1.23 bits per heavy atom. The zero-order valence-electron chi connectivity index (χ0n) is 14.4. The Morgan fingerprint density at radius 3 is 2.73 bits per heavy atom. The molecule has 0 radical (unpaired) electrons. The van der Waals surface area contributed by atoms with Crippen molar-refractivity contribution in [1.82, 2.24) is 10.2 Å². The van der Waals surface area contributed by atoms with Crippen LogP contribution in [0.25, 0.3) is 0 Å². The van der Waals surface area contributed by atoms with Crippen molar-refractivity contribution in [3.8, 4) is 0 Å². The van der Waals surface area contributed by atoms with E-state index in [1.165, 1.54) is 12.8 Å². The summed E-state index contributed by atoms with van der Waals surface area (Å²) >= 11 is 0. The maximum absolute atomic E-state index is 12.1. The van der Waals surface area contributed by atoms with E-state index in [1.807, 2.05) is 25.7 Å². The minimum atomic E-state index is -0.414. The van der Waals surface area contributed by atoms with Crippen LogP contribution in [-0.4, -0.2) is 55.0 Å². The maximum atomic E-state index is 12.1. The summed E-state index contributed by atoms with van der Waals surface area (Å²) in [6.07, 6.45) is 6.97. The van der Waals surface area contributed by atoms with E-state index in [4.69, 9.17) is 9.47 Å². The van der Waals surface area contributed by atoms with Gasteiger partial charge in [-0.25, -0.2) is 4.79 Å². The van der Waals surface area contributed by atoms with E-state index in [0.29, 0.717) is 12.1 Å². The summed E-state index contributed by atoms with van der Waals surface area (Å²) in [6.45, 7) is 9.28. The number of hydrogen-bond donors (Lipinski definition) is 1. The number of carbonyl (C=O) groups excluding carboxylic acids is 1. The molecule has 0 aromatic rings. The standard InChI is InChI=1S/C17H32N2O3/c1-17(2,3)22-16(20)19-11-4-6-14(9-12-19)18-10-8-15-7-5-13-21-15/h14-15,18H,4-13H2,1-3H3. The van der Waals surface area contributed by atoms with Crippen LogP contribution in [0.4, 0.5) is 4.79 Å². The number of amides is 1. The Morgan fingerprint density at radius 2 is 2.05 bits per heavy atom. The van der Waals surface area contributed by atoms with Gasteiger partial charge in [-0.2, -0.15) is 0 Å². The third-order valence-electron chi connectivity index (χ3n) is 4.30. The molecule has 1 N–H and O–H groups in total. The number of nitrogens with one attached hydrogen (secondary N) is 1. The molecule has 0 aliphatic carbocycles. The Hall–Kier alpha value is -0.810. The second-order valence-corrected chi connectivity index (χ2v) is 7.47. The number of likely N-dealkylation sites (tertiary alicyclic amines) is 1. The molecule has 2 atom stereocenters. The van der Waals surface area contributed by atoms with Crippen LogP contribution in [-0.2, 0) is 9.47 Å². The van der Waals surface area contributed by atoms with E-state index < -0.39 is 5.60 Å². The van der Waals surface area contributed by atoms with Gasteiger partial charge in [-0.1, -0.05) is 0 Å². The highest BCUT2D eigenvalue weighted by atomic mass is 16.6. The lowest BCUT2D eigenvalue weighted by Gasteiger charge is -2.26. The zero-order chi connectivity index (χ0) is 16.0. The number of nitrogens with zero attached hydrogens (tertiary/aromatic N) is 1. The van der Waals surface area contributed by atoms with Gasteiger partial charge >= 0.3 is 6.09 Å². The van der Waals surface area contributed by atoms with Crippen molar-refractivity contribution in [3.63, 3.8) is 0 Å². The minimum absolute atomic E-state index is 0.174. The van der Waals surface area contributed by atoms with Crippen molar-refractivity contribution in [2.75, 3.05) is 26.2 Å². The van der Waals surface area contributed by atoms with Crippen molar-refractivity contribution >= 4 is 6.09 Å². The SMILES string of the molecule is CC(C)(C)OC(=O)N1CCCC(NCCC2CCCO2)CC1. The van der Waals surface area contributed by atoms with Gasteiger partial charge in [0.05, 0.1) is 6.10 Å². The predicted molar refractivity (Wildman–Crippen MR) is 87.0 cm³/mol. The van der Waals surface area contributed by atoms with Gasteiger partial charge in [0.25, 0.3) is 0 Å². The first-order valence-corrected chi connectivity index (χ1v) is 8.77. The van der Waals surface area contributed by atoms with Crippen LogP contribution in [0.5, 0.6) is 0 Å². The first-order chi connectivity index (χ1) is 10.4. The molecule has 2 aliphatic rings. The van der Waals surface area contributed by atoms with E-state index in [-0.39, 0.29) is 6.09 Å². The average molecular weight is 312 g/mol. The van der Waals surface area contributed by atoms with Crippen LogP contribution in [0.15, 0.2) is 0 Å². The smallest absolute Gasteiger partial charge is 0.410 e. The van der Waals surface area contributed by atoms with E-state index in [0.717, 1.165) is 51.9 Å². The van der Waals surface area contributed by atoms with Crippen molar-refractivity contribution in [2.45, 2.75) is 77.0 Å². The monoisotopic (exact) mass is 312 g/mol. The normalized spacial score (nSPS) is 26.8. The minimum Gasteiger partial charge on any atom is -0.444 e. The zero-order valence-corrected chi connectivity index (χ0v) is 14.4. The van der Waals surface area contributed by atoms with Crippen LogP contribution in [0.1, 0.15) is 59.3 Å². The van der Waals surface area contributed by atoms with Crippen LogP contribution < -0.4 is 5.32 Å². The fourth-order valence-corrected chi connectivity index (χ4v) is 3.13. The summed E-state index contributed by atoms with van der Waals surface area (Å²) in [5.74, 6) is 0. The van der Waals surface area contributed by atoms with Gasteiger partial charge in [0.2, 0.25) is 0 Å². The van der Waals surface area contributed by atoms with E-state index >= 15 is 0 Å². The van der Waals surface area contributed by atoms with Crippen molar-refractivity contribution in [3.05, 3.63) is 0 Å². The molecule has 5 nitrogen and oxygen atoms in total. The molecule has 2 aliphatic heterocycles. The quantitative estimate of drug-likeness (QED) is 0.867. The molecular weight excluding hydrogens is 280 g/mol. The Labute approximate surface area is 134 Å². The van der Waals surface area contributed by atoms with Crippen molar-refractivity contribution in [2.24, 2.45) is 0 Å². The molecule has 5 heteroatoms. The summed E-state index contributed by atoms with van der Waals surface area (Å²) in [7, 11) is 0. The van der Waals surface area contributed by atoms with Crippen LogP contribution in [0.3, 0.4) is 0 Å². The Kier molecular flexibility index (Phi) is 6.50. The molecule has 0 bridgehead atoms. The van der Waals surface area contributed by atoms with Gasteiger partial charge in [-0.05, 0) is 65.8 Å². The van der Waals surface area contributed by atoms with Crippen molar-refractivity contribution in [1.29, 1.82) is 0 Å². The third-order valence-corrected chi connectivity index (χ3v) is 4.30. The van der Waals surface area contributed by atoms with Gasteiger partial charge in [0.15, 0.2) is 0 Å². The second-order valence-electron chi connectivity index (χ2n) is 7.47. The van der Waals surface area contributed by atoms with Gasteiger partial charge in [-0.15, -0.1) is 0 Å². The van der Waals surface area contributed by atoms with E-state index in [2.05, 4.69) is 5.32 Å². The molecule has 2 heterocycles. The third kappa shape index (κ3) is 6.13. The number of hydrogen-bond acceptors (Lipinski definition) is 4. The fourth-order valence-electron chi connectivity index (χ4n) is 3.13. The maximum Gasteiger partial charge on any atom is 0.410 e. The summed E-state index contributed by atoms with van der Waals surface area (Å²) in [5, 5.41) is 3.64. The molecule has 22 heavy (non-hydrogen) atoms. The lowest BCUT2D eigenvalue weighted by atomic mass is 10.1. The molecule has 0 aromatic carbocycles. The van der Waals surface area contributed by atoms with Crippen molar-refractivity contribution < 1.29 is 14.3 Å². The Bertz CT molecular complexity index is 348. The van der Waals surface area contributed by atoms with Gasteiger partial charge in [0, 0.05) is 25.7 Å². The van der Waals surface area contributed by atoms with Gasteiger partial charge < -0.3 is 19.7 Å². The molecule has 0 spiro atoms. The number of carbonyl (C=O) groups is 1. The van der Waals surface area contributed by atoms with Gasteiger partial charge in [-0.3, -0.25) is 0 Å². The van der Waals surface area contributed by atoms with Crippen LogP contribution in [0.2, 0.25) is 0 Å². The first kappa shape index (κ1) is 17.5. The highest BCUT2D eigenvalue weighted by molar-refractivity contribution is 5.68. The molecule has 2 fully saturated rings. The van der Waals surface area contributed by atoms with E-state index in [9.17, 15) is 4.79 Å². The molecule has 1 amide bonds. The summed E-state index contributed by atoms with van der Waals surface area (Å²) in [6, 6.07) is 0.508. The lowest BCUT2D eigenvalue weighted by Crippen LogP contribution is -2.38. The summed E-state index contributed by atoms with van der Waals surface area (Å²) < 4.78 is 11.1. The second kappa shape index (κ2) is 8.16.